The van der Waals surface area contributed by atoms with Crippen molar-refractivity contribution in [2.75, 3.05) is 5.88 Å². The summed E-state index contributed by atoms with van der Waals surface area (Å²) in [5, 5.41) is 0. The van der Waals surface area contributed by atoms with Crippen LogP contribution in [0.3, 0.4) is 0 Å². The number of aromatic nitrogens is 2. The molecular weight excluding hydrogens is 239 g/mol. The van der Waals surface area contributed by atoms with E-state index >= 15 is 0 Å². The summed E-state index contributed by atoms with van der Waals surface area (Å²) in [7, 11) is 0. The molecule has 1 aromatic heterocycles. The molecule has 2 nitrogen and oxygen atoms in total. The van der Waals surface area contributed by atoms with Gasteiger partial charge < -0.3 is 4.57 Å². The van der Waals surface area contributed by atoms with E-state index in [4.69, 9.17) is 11.6 Å². The molecule has 1 saturated carbocycles. The van der Waals surface area contributed by atoms with Gasteiger partial charge in [0.25, 0.3) is 0 Å². The van der Waals surface area contributed by atoms with Crippen LogP contribution in [0.15, 0.2) is 18.2 Å². The first-order valence-corrected chi connectivity index (χ1v) is 6.41. The Morgan fingerprint density at radius 1 is 1.47 bits per heavy atom. The van der Waals surface area contributed by atoms with E-state index < -0.39 is 0 Å². The summed E-state index contributed by atoms with van der Waals surface area (Å²) in [4.78, 5) is 4.41. The first-order chi connectivity index (χ1) is 8.15. The summed E-state index contributed by atoms with van der Waals surface area (Å²) in [6, 6.07) is 5.14. The largest absolute Gasteiger partial charge is 0.322 e. The molecule has 1 aliphatic rings. The Kier molecular flexibility index (Phi) is 2.40. The van der Waals surface area contributed by atoms with Gasteiger partial charge in [-0.05, 0) is 31.9 Å². The van der Waals surface area contributed by atoms with Gasteiger partial charge >= 0.3 is 0 Å². The average Bonchev–Trinajstić information content (AvgIpc) is 2.91. The molecule has 0 aliphatic heterocycles. The summed E-state index contributed by atoms with van der Waals surface area (Å²) in [5.41, 5.74) is 1.48. The molecule has 0 unspecified atom stereocenters. The van der Waals surface area contributed by atoms with Crippen LogP contribution in [0, 0.1) is 5.82 Å². The van der Waals surface area contributed by atoms with Crippen molar-refractivity contribution in [1.29, 1.82) is 0 Å². The maximum Gasteiger partial charge on any atom is 0.151 e. The molecule has 0 amide bonds. The first-order valence-electron chi connectivity index (χ1n) is 5.88. The number of hydrogen-bond donors (Lipinski definition) is 0. The molecule has 17 heavy (non-hydrogen) atoms. The van der Waals surface area contributed by atoms with Crippen molar-refractivity contribution in [3.8, 4) is 0 Å². The molecule has 0 atom stereocenters. The van der Waals surface area contributed by atoms with Crippen LogP contribution in [0.5, 0.6) is 0 Å². The number of para-hydroxylation sites is 1. The van der Waals surface area contributed by atoms with Gasteiger partial charge in [-0.1, -0.05) is 6.07 Å². The van der Waals surface area contributed by atoms with E-state index in [-0.39, 0.29) is 11.4 Å². The van der Waals surface area contributed by atoms with Crippen molar-refractivity contribution in [3.05, 3.63) is 29.8 Å². The van der Waals surface area contributed by atoms with Gasteiger partial charge in [-0.2, -0.15) is 0 Å². The number of nitrogens with zero attached hydrogens (tertiary/aromatic N) is 2. The average molecular weight is 253 g/mol. The Balaban J connectivity index is 2.28. The fourth-order valence-electron chi connectivity index (χ4n) is 2.37. The highest BCUT2D eigenvalue weighted by molar-refractivity contribution is 6.17. The molecule has 1 heterocycles. The van der Waals surface area contributed by atoms with Gasteiger partial charge in [0.2, 0.25) is 0 Å². The quantitative estimate of drug-likeness (QED) is 0.765. The van der Waals surface area contributed by atoms with Crippen molar-refractivity contribution in [2.24, 2.45) is 0 Å². The fourth-order valence-corrected chi connectivity index (χ4v) is 2.54. The van der Waals surface area contributed by atoms with Gasteiger partial charge in [0, 0.05) is 17.8 Å². The van der Waals surface area contributed by atoms with Gasteiger partial charge in [-0.3, -0.25) is 0 Å². The Morgan fingerprint density at radius 3 is 2.88 bits per heavy atom. The molecule has 90 valence electrons. The van der Waals surface area contributed by atoms with Crippen molar-refractivity contribution >= 4 is 22.6 Å². The van der Waals surface area contributed by atoms with Crippen LogP contribution in [-0.2, 0) is 12.0 Å². The van der Waals surface area contributed by atoms with E-state index in [9.17, 15) is 4.39 Å². The molecule has 0 bridgehead atoms. The molecule has 0 radical (unpaired) electrons. The summed E-state index contributed by atoms with van der Waals surface area (Å²) in [6.07, 6.45) is 2.94. The summed E-state index contributed by atoms with van der Waals surface area (Å²) in [5.74, 6) is 1.17. The number of aryl methyl sites for hydroxylation is 1. The minimum Gasteiger partial charge on any atom is -0.322 e. The number of halogens is 2. The third-order valence-corrected chi connectivity index (χ3v) is 3.73. The lowest BCUT2D eigenvalue weighted by atomic mass is 10.2. The fraction of sp³-hybridized carbons (Fsp3) is 0.462. The van der Waals surface area contributed by atoms with Crippen LogP contribution >= 0.6 is 11.6 Å². The molecule has 0 spiro atoms. The lowest BCUT2D eigenvalue weighted by molar-refractivity contribution is 0.525. The van der Waals surface area contributed by atoms with Gasteiger partial charge in [0.05, 0.1) is 5.52 Å². The lowest BCUT2D eigenvalue weighted by Crippen LogP contribution is -2.16. The molecular formula is C13H14ClFN2. The first kappa shape index (κ1) is 11.0. The minimum absolute atomic E-state index is 0.115. The van der Waals surface area contributed by atoms with Crippen LogP contribution in [-0.4, -0.2) is 15.4 Å². The minimum atomic E-state index is -0.249. The second-order valence-electron chi connectivity index (χ2n) is 4.91. The molecule has 1 fully saturated rings. The van der Waals surface area contributed by atoms with Crippen molar-refractivity contribution in [3.63, 3.8) is 0 Å². The van der Waals surface area contributed by atoms with Gasteiger partial charge in [-0.25, -0.2) is 9.37 Å². The summed E-state index contributed by atoms with van der Waals surface area (Å²) in [6.45, 7) is 2.19. The SMILES string of the molecule is CC1(n2c(CCCl)nc3c(F)cccc32)CC1. The van der Waals surface area contributed by atoms with E-state index in [1.165, 1.54) is 6.07 Å². The highest BCUT2D eigenvalue weighted by atomic mass is 35.5. The highest BCUT2D eigenvalue weighted by Crippen LogP contribution is 2.45. The van der Waals surface area contributed by atoms with E-state index in [0.717, 1.165) is 24.2 Å². The van der Waals surface area contributed by atoms with Crippen LogP contribution in [0.2, 0.25) is 0 Å². The van der Waals surface area contributed by atoms with Crippen LogP contribution in [0.4, 0.5) is 4.39 Å². The molecule has 0 N–H and O–H groups in total. The number of hydrogen-bond acceptors (Lipinski definition) is 1. The Labute approximate surface area is 104 Å². The number of imidazole rings is 1. The third kappa shape index (κ3) is 1.64. The zero-order valence-corrected chi connectivity index (χ0v) is 10.5. The Hall–Kier alpha value is -1.09. The zero-order valence-electron chi connectivity index (χ0n) is 9.71. The van der Waals surface area contributed by atoms with Gasteiger partial charge in [0.15, 0.2) is 5.82 Å². The van der Waals surface area contributed by atoms with Crippen molar-refractivity contribution in [1.82, 2.24) is 9.55 Å². The second kappa shape index (κ2) is 3.70. The maximum absolute atomic E-state index is 13.7. The molecule has 0 saturated heterocycles. The topological polar surface area (TPSA) is 17.8 Å². The summed E-state index contributed by atoms with van der Waals surface area (Å²) >= 11 is 5.80. The molecule has 1 aromatic carbocycles. The normalized spacial score (nSPS) is 17.6. The standard InChI is InChI=1S/C13H14ClFN2/c1-13(6-7-13)17-10-4-2-3-9(15)12(10)16-11(17)5-8-14/h2-4H,5-8H2,1H3. The van der Waals surface area contributed by atoms with Crippen LogP contribution in [0.1, 0.15) is 25.6 Å². The van der Waals surface area contributed by atoms with E-state index in [2.05, 4.69) is 16.5 Å². The van der Waals surface area contributed by atoms with Gasteiger partial charge in [-0.15, -0.1) is 11.6 Å². The van der Waals surface area contributed by atoms with E-state index in [1.54, 1.807) is 6.07 Å². The predicted molar refractivity (Wildman–Crippen MR) is 67.0 cm³/mol. The third-order valence-electron chi connectivity index (χ3n) is 3.54. The van der Waals surface area contributed by atoms with Crippen LogP contribution < -0.4 is 0 Å². The number of benzene rings is 1. The number of alkyl halides is 1. The molecule has 3 rings (SSSR count). The number of rotatable bonds is 3. The second-order valence-corrected chi connectivity index (χ2v) is 5.28. The highest BCUT2D eigenvalue weighted by Gasteiger charge is 2.41. The lowest BCUT2D eigenvalue weighted by Gasteiger charge is -2.15. The predicted octanol–water partition coefficient (Wildman–Crippen LogP) is 3.47. The molecule has 2 aromatic rings. The molecule has 1 aliphatic carbocycles. The summed E-state index contributed by atoms with van der Waals surface area (Å²) < 4.78 is 15.9. The maximum atomic E-state index is 13.7. The smallest absolute Gasteiger partial charge is 0.151 e. The van der Waals surface area contributed by atoms with E-state index in [0.29, 0.717) is 17.8 Å². The van der Waals surface area contributed by atoms with E-state index in [1.807, 2.05) is 6.07 Å². The Morgan fingerprint density at radius 2 is 2.24 bits per heavy atom. The zero-order chi connectivity index (χ0) is 12.0. The van der Waals surface area contributed by atoms with Crippen molar-refractivity contribution in [2.45, 2.75) is 31.7 Å². The van der Waals surface area contributed by atoms with Crippen molar-refractivity contribution < 1.29 is 4.39 Å². The number of fused-ring (bicyclic) bond motifs is 1. The Bertz CT molecular complexity index is 572. The monoisotopic (exact) mass is 252 g/mol. The van der Waals surface area contributed by atoms with Gasteiger partial charge in [0.1, 0.15) is 11.3 Å². The molecule has 4 heteroatoms. The van der Waals surface area contributed by atoms with Crippen LogP contribution in [0.25, 0.3) is 11.0 Å².